The summed E-state index contributed by atoms with van der Waals surface area (Å²) >= 11 is 0. The summed E-state index contributed by atoms with van der Waals surface area (Å²) in [4.78, 5) is 2.40. The van der Waals surface area contributed by atoms with Crippen LogP contribution in [0.5, 0.6) is 0 Å². The van der Waals surface area contributed by atoms with Gasteiger partial charge in [0.2, 0.25) is 0 Å². The van der Waals surface area contributed by atoms with Crippen LogP contribution in [0.2, 0.25) is 0 Å². The van der Waals surface area contributed by atoms with E-state index in [1.807, 2.05) is 6.07 Å². The molecule has 0 aromatic heterocycles. The summed E-state index contributed by atoms with van der Waals surface area (Å²) in [5.41, 5.74) is 7.19. The Morgan fingerprint density at radius 1 is 1.22 bits per heavy atom. The second kappa shape index (κ2) is 6.18. The van der Waals surface area contributed by atoms with Gasteiger partial charge in [0, 0.05) is 37.4 Å². The third kappa shape index (κ3) is 3.02. The molecule has 0 spiro atoms. The lowest BCUT2D eigenvalue weighted by molar-refractivity contribution is 0.225. The maximum absolute atomic E-state index is 8.92. The lowest BCUT2D eigenvalue weighted by Crippen LogP contribution is -2.58. The van der Waals surface area contributed by atoms with E-state index in [0.717, 1.165) is 25.9 Å². The molecule has 2 rings (SSSR count). The van der Waals surface area contributed by atoms with Gasteiger partial charge in [0.05, 0.1) is 6.61 Å². The van der Waals surface area contributed by atoms with Crippen LogP contribution in [0.4, 0.5) is 5.69 Å². The van der Waals surface area contributed by atoms with Crippen LogP contribution < -0.4 is 16.0 Å². The summed E-state index contributed by atoms with van der Waals surface area (Å²) in [6, 6.07) is 10.5. The van der Waals surface area contributed by atoms with Gasteiger partial charge in [-0.25, -0.2) is 0 Å². The number of para-hydroxylation sites is 1. The Morgan fingerprint density at radius 2 is 1.89 bits per heavy atom. The molecule has 4 nitrogen and oxygen atoms in total. The van der Waals surface area contributed by atoms with Crippen molar-refractivity contribution in [3.63, 3.8) is 0 Å². The third-order valence-electron chi connectivity index (χ3n) is 3.84. The van der Waals surface area contributed by atoms with Gasteiger partial charge in [0.25, 0.3) is 0 Å². The molecule has 0 radical (unpaired) electrons. The number of nitrogens with one attached hydrogen (secondary N) is 1. The van der Waals surface area contributed by atoms with Crippen LogP contribution in [0.15, 0.2) is 30.3 Å². The Labute approximate surface area is 109 Å². The fourth-order valence-corrected chi connectivity index (χ4v) is 2.61. The topological polar surface area (TPSA) is 61.5 Å². The number of rotatable bonds is 5. The molecule has 0 saturated carbocycles. The van der Waals surface area contributed by atoms with Gasteiger partial charge in [-0.15, -0.1) is 0 Å². The van der Waals surface area contributed by atoms with E-state index in [0.29, 0.717) is 13.1 Å². The number of benzene rings is 1. The van der Waals surface area contributed by atoms with Crippen molar-refractivity contribution < 1.29 is 5.11 Å². The summed E-state index contributed by atoms with van der Waals surface area (Å²) in [5, 5.41) is 12.3. The molecule has 1 fully saturated rings. The Hall–Kier alpha value is -1.10. The molecule has 0 bridgehead atoms. The molecule has 4 N–H and O–H groups in total. The molecule has 0 aliphatic carbocycles. The van der Waals surface area contributed by atoms with Gasteiger partial charge in [0.1, 0.15) is 0 Å². The minimum Gasteiger partial charge on any atom is -0.395 e. The normalized spacial score (nSPS) is 18.9. The minimum absolute atomic E-state index is 0.00795. The average molecular weight is 249 g/mol. The molecule has 1 aliphatic heterocycles. The van der Waals surface area contributed by atoms with E-state index in [1.165, 1.54) is 5.69 Å². The van der Waals surface area contributed by atoms with E-state index in [9.17, 15) is 0 Å². The Kier molecular flexibility index (Phi) is 4.58. The van der Waals surface area contributed by atoms with Crippen LogP contribution in [-0.4, -0.2) is 43.4 Å². The van der Waals surface area contributed by atoms with Gasteiger partial charge in [-0.3, -0.25) is 0 Å². The lowest BCUT2D eigenvalue weighted by atomic mass is 9.87. The maximum Gasteiger partial charge on any atom is 0.0556 e. The summed E-state index contributed by atoms with van der Waals surface area (Å²) < 4.78 is 0. The number of aliphatic hydroxyl groups is 1. The van der Waals surface area contributed by atoms with E-state index in [4.69, 9.17) is 10.8 Å². The van der Waals surface area contributed by atoms with Crippen LogP contribution in [0.1, 0.15) is 12.8 Å². The van der Waals surface area contributed by atoms with Crippen molar-refractivity contribution in [2.45, 2.75) is 18.4 Å². The quantitative estimate of drug-likeness (QED) is 0.714. The van der Waals surface area contributed by atoms with Gasteiger partial charge < -0.3 is 21.1 Å². The first kappa shape index (κ1) is 13.3. The number of nitrogens with zero attached hydrogens (tertiary/aromatic N) is 1. The summed E-state index contributed by atoms with van der Waals surface area (Å²) in [6.45, 7) is 3.46. The van der Waals surface area contributed by atoms with Crippen molar-refractivity contribution in [3.8, 4) is 0 Å². The molecule has 4 heteroatoms. The fraction of sp³-hybridized carbons (Fsp3) is 0.571. The van der Waals surface area contributed by atoms with Crippen LogP contribution >= 0.6 is 0 Å². The SMILES string of the molecule is NCC1(NCCO)CCN(c2ccccc2)CC1. The molecule has 100 valence electrons. The van der Waals surface area contributed by atoms with E-state index in [1.54, 1.807) is 0 Å². The Balaban J connectivity index is 1.94. The zero-order chi connectivity index (χ0) is 12.8. The molecule has 1 heterocycles. The second-order valence-electron chi connectivity index (χ2n) is 4.96. The molecular weight excluding hydrogens is 226 g/mol. The first-order chi connectivity index (χ1) is 8.79. The molecule has 0 unspecified atom stereocenters. The monoisotopic (exact) mass is 249 g/mol. The lowest BCUT2D eigenvalue weighted by Gasteiger charge is -2.42. The van der Waals surface area contributed by atoms with Crippen molar-refractivity contribution >= 4 is 5.69 Å². The molecule has 0 atom stereocenters. The number of nitrogens with two attached hydrogens (primary N) is 1. The van der Waals surface area contributed by atoms with Gasteiger partial charge in [-0.05, 0) is 25.0 Å². The fourth-order valence-electron chi connectivity index (χ4n) is 2.61. The van der Waals surface area contributed by atoms with Crippen LogP contribution in [0, 0.1) is 0 Å². The zero-order valence-corrected chi connectivity index (χ0v) is 10.8. The standard InChI is InChI=1S/C14H23N3O/c15-12-14(16-8-11-18)6-9-17(10-7-14)13-4-2-1-3-5-13/h1-5,16,18H,6-12,15H2. The van der Waals surface area contributed by atoms with Gasteiger partial charge >= 0.3 is 0 Å². The zero-order valence-electron chi connectivity index (χ0n) is 10.8. The predicted molar refractivity (Wildman–Crippen MR) is 74.8 cm³/mol. The summed E-state index contributed by atoms with van der Waals surface area (Å²) in [7, 11) is 0. The van der Waals surface area contributed by atoms with E-state index in [-0.39, 0.29) is 12.1 Å². The highest BCUT2D eigenvalue weighted by atomic mass is 16.3. The van der Waals surface area contributed by atoms with Gasteiger partial charge in [0.15, 0.2) is 0 Å². The van der Waals surface area contributed by atoms with Crippen molar-refractivity contribution in [1.82, 2.24) is 5.32 Å². The molecule has 1 aliphatic rings. The van der Waals surface area contributed by atoms with Crippen molar-refractivity contribution in [2.75, 3.05) is 37.7 Å². The molecule has 18 heavy (non-hydrogen) atoms. The van der Waals surface area contributed by atoms with Crippen LogP contribution in [-0.2, 0) is 0 Å². The van der Waals surface area contributed by atoms with E-state index >= 15 is 0 Å². The largest absolute Gasteiger partial charge is 0.395 e. The highest BCUT2D eigenvalue weighted by Crippen LogP contribution is 2.25. The highest BCUT2D eigenvalue weighted by Gasteiger charge is 2.32. The third-order valence-corrected chi connectivity index (χ3v) is 3.84. The summed E-state index contributed by atoms with van der Waals surface area (Å²) in [6.07, 6.45) is 2.05. The van der Waals surface area contributed by atoms with Crippen LogP contribution in [0.3, 0.4) is 0 Å². The molecule has 1 aromatic rings. The van der Waals surface area contributed by atoms with Crippen molar-refractivity contribution in [2.24, 2.45) is 5.73 Å². The molecular formula is C14H23N3O. The highest BCUT2D eigenvalue weighted by molar-refractivity contribution is 5.46. The summed E-state index contributed by atoms with van der Waals surface area (Å²) in [5.74, 6) is 0. The van der Waals surface area contributed by atoms with Crippen molar-refractivity contribution in [1.29, 1.82) is 0 Å². The number of hydrogen-bond acceptors (Lipinski definition) is 4. The number of piperidine rings is 1. The Bertz CT molecular complexity index is 347. The second-order valence-corrected chi connectivity index (χ2v) is 4.96. The van der Waals surface area contributed by atoms with Gasteiger partial charge in [-0.2, -0.15) is 0 Å². The van der Waals surface area contributed by atoms with Gasteiger partial charge in [-0.1, -0.05) is 18.2 Å². The first-order valence-corrected chi connectivity index (χ1v) is 6.66. The van der Waals surface area contributed by atoms with Crippen LogP contribution in [0.25, 0.3) is 0 Å². The van der Waals surface area contributed by atoms with E-state index < -0.39 is 0 Å². The molecule has 1 saturated heterocycles. The number of β-amino-alcohol motifs (C(OH)–C–C–N with tert-alkyl or cyclic N) is 1. The maximum atomic E-state index is 8.92. The number of aliphatic hydroxyl groups excluding tert-OH is 1. The van der Waals surface area contributed by atoms with E-state index in [2.05, 4.69) is 34.5 Å². The predicted octanol–water partition coefficient (Wildman–Crippen LogP) is 0.566. The average Bonchev–Trinajstić information content (AvgIpc) is 2.47. The number of anilines is 1. The number of hydrogen-bond donors (Lipinski definition) is 3. The van der Waals surface area contributed by atoms with Crippen molar-refractivity contribution in [3.05, 3.63) is 30.3 Å². The molecule has 1 aromatic carbocycles. The first-order valence-electron chi connectivity index (χ1n) is 6.66. The Morgan fingerprint density at radius 3 is 2.44 bits per heavy atom. The minimum atomic E-state index is 0.00795. The molecule has 0 amide bonds. The smallest absolute Gasteiger partial charge is 0.0556 e.